The number of rotatable bonds is 9. The smallest absolute Gasteiger partial charge is 0.195 e. The quantitative estimate of drug-likeness (QED) is 0.595. The van der Waals surface area contributed by atoms with E-state index in [1.165, 1.54) is 38.5 Å². The van der Waals surface area contributed by atoms with Gasteiger partial charge in [0.15, 0.2) is 11.5 Å². The molecule has 0 saturated carbocycles. The lowest BCUT2D eigenvalue weighted by Crippen LogP contribution is -1.86. The molecular formula is C17H25NO2. The number of ether oxygens (including phenoxy) is 1. The second-order valence-electron chi connectivity index (χ2n) is 5.31. The van der Waals surface area contributed by atoms with Gasteiger partial charge in [0.25, 0.3) is 0 Å². The van der Waals surface area contributed by atoms with Gasteiger partial charge in [-0.25, -0.2) is 4.98 Å². The number of hydrogen-bond donors (Lipinski definition) is 0. The highest BCUT2D eigenvalue weighted by atomic mass is 16.5. The highest BCUT2D eigenvalue weighted by Crippen LogP contribution is 2.22. The van der Waals surface area contributed by atoms with Crippen LogP contribution in [-0.2, 0) is 6.42 Å². The van der Waals surface area contributed by atoms with E-state index in [4.69, 9.17) is 9.15 Å². The number of nitrogens with zero attached hydrogens (tertiary/aromatic N) is 1. The van der Waals surface area contributed by atoms with Gasteiger partial charge in [0.05, 0.1) is 7.11 Å². The van der Waals surface area contributed by atoms with E-state index in [1.54, 1.807) is 7.11 Å². The van der Waals surface area contributed by atoms with Crippen molar-refractivity contribution in [1.82, 2.24) is 4.98 Å². The fourth-order valence-electron chi connectivity index (χ4n) is 2.42. The molecule has 0 fully saturated rings. The number of fused-ring (bicyclic) bond motifs is 1. The molecule has 2 aromatic rings. The number of methoxy groups -OCH3 is 1. The molecule has 0 saturated heterocycles. The molecular weight excluding hydrogens is 250 g/mol. The molecule has 0 amide bonds. The number of oxazole rings is 1. The largest absolute Gasteiger partial charge is 0.497 e. The Kier molecular flexibility index (Phi) is 5.90. The van der Waals surface area contributed by atoms with E-state index in [-0.39, 0.29) is 0 Å². The van der Waals surface area contributed by atoms with Crippen molar-refractivity contribution in [2.45, 2.75) is 58.3 Å². The second-order valence-corrected chi connectivity index (χ2v) is 5.31. The van der Waals surface area contributed by atoms with E-state index in [0.717, 1.165) is 35.6 Å². The summed E-state index contributed by atoms with van der Waals surface area (Å²) in [5.74, 6) is 1.66. The first-order chi connectivity index (χ1) is 9.83. The van der Waals surface area contributed by atoms with Crippen LogP contribution >= 0.6 is 0 Å². The second kappa shape index (κ2) is 7.93. The first-order valence-electron chi connectivity index (χ1n) is 7.77. The van der Waals surface area contributed by atoms with Crippen molar-refractivity contribution in [3.05, 3.63) is 24.1 Å². The molecule has 0 radical (unpaired) electrons. The summed E-state index contributed by atoms with van der Waals surface area (Å²) in [5.41, 5.74) is 1.74. The number of unbranched alkanes of at least 4 members (excludes halogenated alkanes) is 6. The van der Waals surface area contributed by atoms with Gasteiger partial charge in [-0.1, -0.05) is 45.4 Å². The van der Waals surface area contributed by atoms with Crippen molar-refractivity contribution >= 4 is 11.1 Å². The normalized spacial score (nSPS) is 11.1. The van der Waals surface area contributed by atoms with E-state index < -0.39 is 0 Å². The van der Waals surface area contributed by atoms with Gasteiger partial charge in [0.1, 0.15) is 11.3 Å². The first kappa shape index (κ1) is 14.9. The molecule has 110 valence electrons. The zero-order chi connectivity index (χ0) is 14.2. The van der Waals surface area contributed by atoms with Crippen LogP contribution in [0.15, 0.2) is 22.6 Å². The lowest BCUT2D eigenvalue weighted by atomic mass is 10.1. The minimum Gasteiger partial charge on any atom is -0.497 e. The zero-order valence-corrected chi connectivity index (χ0v) is 12.7. The Balaban J connectivity index is 1.76. The maximum atomic E-state index is 5.76. The van der Waals surface area contributed by atoms with Gasteiger partial charge in [0.2, 0.25) is 0 Å². The van der Waals surface area contributed by atoms with Crippen molar-refractivity contribution in [2.75, 3.05) is 7.11 Å². The number of benzene rings is 1. The minimum atomic E-state index is 0.816. The molecule has 0 N–H and O–H groups in total. The van der Waals surface area contributed by atoms with E-state index >= 15 is 0 Å². The van der Waals surface area contributed by atoms with Crippen LogP contribution in [0.2, 0.25) is 0 Å². The summed E-state index contributed by atoms with van der Waals surface area (Å²) in [6, 6.07) is 5.77. The molecule has 0 atom stereocenters. The average molecular weight is 275 g/mol. The van der Waals surface area contributed by atoms with Gasteiger partial charge < -0.3 is 9.15 Å². The van der Waals surface area contributed by atoms with Gasteiger partial charge >= 0.3 is 0 Å². The maximum Gasteiger partial charge on any atom is 0.195 e. The van der Waals surface area contributed by atoms with Crippen molar-refractivity contribution in [3.8, 4) is 5.75 Å². The summed E-state index contributed by atoms with van der Waals surface area (Å²) in [7, 11) is 1.66. The van der Waals surface area contributed by atoms with Crippen molar-refractivity contribution in [2.24, 2.45) is 0 Å². The van der Waals surface area contributed by atoms with Crippen LogP contribution in [0.1, 0.15) is 57.8 Å². The summed E-state index contributed by atoms with van der Waals surface area (Å²) >= 11 is 0. The van der Waals surface area contributed by atoms with Gasteiger partial charge in [-0.15, -0.1) is 0 Å². The third-order valence-electron chi connectivity index (χ3n) is 3.63. The molecule has 0 spiro atoms. The standard InChI is InChI=1S/C17H25NO2/c1-3-4-5-6-7-8-9-10-17-18-15-12-11-14(19-2)13-16(15)20-17/h11-13H,3-10H2,1-2H3. The Morgan fingerprint density at radius 1 is 1.05 bits per heavy atom. The highest BCUT2D eigenvalue weighted by molar-refractivity contribution is 5.74. The van der Waals surface area contributed by atoms with E-state index in [9.17, 15) is 0 Å². The van der Waals surface area contributed by atoms with Crippen LogP contribution in [0.4, 0.5) is 0 Å². The van der Waals surface area contributed by atoms with Crippen molar-refractivity contribution in [1.29, 1.82) is 0 Å². The fourth-order valence-corrected chi connectivity index (χ4v) is 2.42. The SMILES string of the molecule is CCCCCCCCCc1nc2ccc(OC)cc2o1. The van der Waals surface area contributed by atoms with E-state index in [0.29, 0.717) is 0 Å². The third kappa shape index (κ3) is 4.26. The van der Waals surface area contributed by atoms with Crippen LogP contribution in [0.3, 0.4) is 0 Å². The molecule has 2 rings (SSSR count). The molecule has 1 aromatic carbocycles. The lowest BCUT2D eigenvalue weighted by molar-refractivity contribution is 0.414. The Labute approximate surface area is 121 Å². The fraction of sp³-hybridized carbons (Fsp3) is 0.588. The zero-order valence-electron chi connectivity index (χ0n) is 12.7. The molecule has 3 heteroatoms. The average Bonchev–Trinajstić information content (AvgIpc) is 2.87. The topological polar surface area (TPSA) is 35.3 Å². The molecule has 20 heavy (non-hydrogen) atoms. The van der Waals surface area contributed by atoms with Crippen LogP contribution in [-0.4, -0.2) is 12.1 Å². The minimum absolute atomic E-state index is 0.816. The molecule has 0 unspecified atom stereocenters. The van der Waals surface area contributed by atoms with Gasteiger partial charge in [-0.2, -0.15) is 0 Å². The molecule has 3 nitrogen and oxygen atoms in total. The van der Waals surface area contributed by atoms with Crippen LogP contribution in [0.25, 0.3) is 11.1 Å². The first-order valence-corrected chi connectivity index (χ1v) is 7.77. The van der Waals surface area contributed by atoms with Gasteiger partial charge in [0, 0.05) is 12.5 Å². The van der Waals surface area contributed by atoms with Crippen LogP contribution < -0.4 is 4.74 Å². The van der Waals surface area contributed by atoms with Crippen LogP contribution in [0, 0.1) is 0 Å². The monoisotopic (exact) mass is 275 g/mol. The molecule has 0 aliphatic heterocycles. The van der Waals surface area contributed by atoms with Crippen molar-refractivity contribution < 1.29 is 9.15 Å². The molecule has 1 aromatic heterocycles. The number of hydrogen-bond acceptors (Lipinski definition) is 3. The lowest BCUT2D eigenvalue weighted by Gasteiger charge is -1.99. The predicted molar refractivity (Wildman–Crippen MR) is 82.3 cm³/mol. The molecule has 0 bridgehead atoms. The Morgan fingerprint density at radius 2 is 1.80 bits per heavy atom. The summed E-state index contributed by atoms with van der Waals surface area (Å²) in [6.45, 7) is 2.25. The Hall–Kier alpha value is -1.51. The van der Waals surface area contributed by atoms with Crippen molar-refractivity contribution in [3.63, 3.8) is 0 Å². The summed E-state index contributed by atoms with van der Waals surface area (Å²) in [5, 5.41) is 0. The number of aromatic nitrogens is 1. The Morgan fingerprint density at radius 3 is 2.55 bits per heavy atom. The predicted octanol–water partition coefficient (Wildman–Crippen LogP) is 5.13. The third-order valence-corrected chi connectivity index (χ3v) is 3.63. The Bertz CT molecular complexity index is 519. The van der Waals surface area contributed by atoms with E-state index in [1.807, 2.05) is 18.2 Å². The summed E-state index contributed by atoms with van der Waals surface area (Å²) in [6.07, 6.45) is 10.1. The molecule has 0 aliphatic carbocycles. The highest BCUT2D eigenvalue weighted by Gasteiger charge is 2.06. The molecule has 1 heterocycles. The van der Waals surface area contributed by atoms with Gasteiger partial charge in [-0.05, 0) is 18.6 Å². The number of aryl methyl sites for hydroxylation is 1. The maximum absolute atomic E-state index is 5.76. The van der Waals surface area contributed by atoms with Gasteiger partial charge in [-0.3, -0.25) is 0 Å². The summed E-state index contributed by atoms with van der Waals surface area (Å²) in [4.78, 5) is 4.51. The van der Waals surface area contributed by atoms with E-state index in [2.05, 4.69) is 11.9 Å². The summed E-state index contributed by atoms with van der Waals surface area (Å²) < 4.78 is 11.0. The van der Waals surface area contributed by atoms with Crippen LogP contribution in [0.5, 0.6) is 5.75 Å². The molecule has 0 aliphatic rings.